The van der Waals surface area contributed by atoms with Crippen molar-refractivity contribution in [2.24, 2.45) is 0 Å². The second-order valence-corrected chi connectivity index (χ2v) is 7.82. The molecule has 3 rings (SSSR count). The van der Waals surface area contributed by atoms with Crippen molar-refractivity contribution < 1.29 is 19.1 Å². The van der Waals surface area contributed by atoms with Crippen LogP contribution in [0.3, 0.4) is 0 Å². The summed E-state index contributed by atoms with van der Waals surface area (Å²) >= 11 is 13.0. The molecule has 0 radical (unpaired) electrons. The molecule has 0 fully saturated rings. The average molecular weight is 464 g/mol. The van der Waals surface area contributed by atoms with Gasteiger partial charge in [0.15, 0.2) is 11.9 Å². The lowest BCUT2D eigenvalue weighted by Gasteiger charge is -2.14. The Kier molecular flexibility index (Phi) is 7.04. The van der Waals surface area contributed by atoms with E-state index in [1.807, 2.05) is 0 Å². The van der Waals surface area contributed by atoms with E-state index in [4.69, 9.17) is 27.9 Å². The van der Waals surface area contributed by atoms with E-state index in [2.05, 4.69) is 15.6 Å². The monoisotopic (exact) mass is 463 g/mol. The van der Waals surface area contributed by atoms with E-state index in [-0.39, 0.29) is 22.3 Å². The molecule has 7 nitrogen and oxygen atoms in total. The highest BCUT2D eigenvalue weighted by Crippen LogP contribution is 2.23. The molecule has 30 heavy (non-hydrogen) atoms. The summed E-state index contributed by atoms with van der Waals surface area (Å²) in [5.74, 6) is -1.51. The minimum Gasteiger partial charge on any atom is -0.449 e. The third kappa shape index (κ3) is 5.56. The fourth-order valence-corrected chi connectivity index (χ4v) is 3.38. The van der Waals surface area contributed by atoms with E-state index in [0.29, 0.717) is 15.6 Å². The zero-order valence-corrected chi connectivity index (χ0v) is 17.8. The molecule has 0 aliphatic heterocycles. The molecule has 2 N–H and O–H groups in total. The van der Waals surface area contributed by atoms with Crippen LogP contribution < -0.4 is 10.6 Å². The Labute approximate surface area is 186 Å². The van der Waals surface area contributed by atoms with Crippen molar-refractivity contribution >= 4 is 63.8 Å². The summed E-state index contributed by atoms with van der Waals surface area (Å²) in [6.07, 6.45) is 0.214. The molecule has 0 bridgehead atoms. The highest BCUT2D eigenvalue weighted by molar-refractivity contribution is 7.12. The van der Waals surface area contributed by atoms with Crippen LogP contribution in [0.2, 0.25) is 10.0 Å². The lowest BCUT2D eigenvalue weighted by molar-refractivity contribution is -0.123. The van der Waals surface area contributed by atoms with Crippen LogP contribution in [0.4, 0.5) is 11.5 Å². The molecule has 10 heteroatoms. The zero-order valence-electron chi connectivity index (χ0n) is 15.5. The number of nitrogens with zero attached hydrogens (tertiary/aromatic N) is 1. The summed E-state index contributed by atoms with van der Waals surface area (Å²) in [5.41, 5.74) is 0.610. The molecule has 0 saturated carbocycles. The van der Waals surface area contributed by atoms with E-state index < -0.39 is 18.0 Å². The lowest BCUT2D eigenvalue weighted by atomic mass is 10.2. The van der Waals surface area contributed by atoms with Gasteiger partial charge in [0.2, 0.25) is 0 Å². The summed E-state index contributed by atoms with van der Waals surface area (Å²) in [5, 5.41) is 7.46. The number of thiophene rings is 1. The number of hydrogen-bond acceptors (Lipinski definition) is 6. The zero-order chi connectivity index (χ0) is 21.7. The van der Waals surface area contributed by atoms with E-state index in [1.54, 1.807) is 29.6 Å². The summed E-state index contributed by atoms with van der Waals surface area (Å²) in [6, 6.07) is 11.1. The summed E-state index contributed by atoms with van der Waals surface area (Å²) in [4.78, 5) is 41.3. The van der Waals surface area contributed by atoms with Crippen molar-refractivity contribution in [3.63, 3.8) is 0 Å². The first-order valence-electron chi connectivity index (χ1n) is 8.61. The summed E-state index contributed by atoms with van der Waals surface area (Å²) in [7, 11) is 0. The highest BCUT2D eigenvalue weighted by atomic mass is 35.5. The number of nitrogens with one attached hydrogen (secondary N) is 2. The maximum atomic E-state index is 12.4. The van der Waals surface area contributed by atoms with Gasteiger partial charge < -0.3 is 15.4 Å². The first-order valence-corrected chi connectivity index (χ1v) is 10.2. The van der Waals surface area contributed by atoms with Crippen molar-refractivity contribution in [2.45, 2.75) is 13.0 Å². The molecule has 0 aliphatic rings. The molecular weight excluding hydrogens is 449 g/mol. The number of carbonyl (C=O) groups excluding carboxylic acids is 3. The number of amides is 2. The Morgan fingerprint density at radius 1 is 1.10 bits per heavy atom. The Balaban J connectivity index is 1.62. The predicted molar refractivity (Wildman–Crippen MR) is 116 cm³/mol. The topological polar surface area (TPSA) is 97.4 Å². The highest BCUT2D eigenvalue weighted by Gasteiger charge is 2.21. The number of benzene rings is 1. The number of hydrogen-bond donors (Lipinski definition) is 2. The SMILES string of the molecule is CC(OC(=O)c1cccc(NC(=O)c2cccs2)c1)C(=O)Nc1ncc(Cl)cc1Cl. The van der Waals surface area contributed by atoms with Gasteiger partial charge in [-0.1, -0.05) is 35.3 Å². The molecule has 1 atom stereocenters. The van der Waals surface area contributed by atoms with Gasteiger partial charge in [0, 0.05) is 11.9 Å². The summed E-state index contributed by atoms with van der Waals surface area (Å²) in [6.45, 7) is 1.42. The molecular formula is C20H15Cl2N3O4S. The largest absolute Gasteiger partial charge is 0.449 e. The number of pyridine rings is 1. The van der Waals surface area contributed by atoms with Gasteiger partial charge in [-0.05, 0) is 42.6 Å². The summed E-state index contributed by atoms with van der Waals surface area (Å²) < 4.78 is 5.21. The van der Waals surface area contributed by atoms with Crippen molar-refractivity contribution in [1.29, 1.82) is 0 Å². The van der Waals surface area contributed by atoms with Gasteiger partial charge in [-0.2, -0.15) is 0 Å². The standard InChI is InChI=1S/C20H15Cl2N3O4S/c1-11(18(26)25-17-15(22)9-13(21)10-23-17)29-20(28)12-4-2-5-14(8-12)24-19(27)16-6-3-7-30-16/h2-11H,1H3,(H,24,27)(H,23,25,26). The second kappa shape index (κ2) is 9.71. The Hall–Kier alpha value is -2.94. The molecule has 0 saturated heterocycles. The van der Waals surface area contributed by atoms with Crippen LogP contribution in [0, 0.1) is 0 Å². The van der Waals surface area contributed by atoms with E-state index in [0.717, 1.165) is 0 Å². The quantitative estimate of drug-likeness (QED) is 0.507. The number of anilines is 2. The number of rotatable bonds is 6. The van der Waals surface area contributed by atoms with Crippen molar-refractivity contribution in [3.8, 4) is 0 Å². The minimum absolute atomic E-state index is 0.104. The van der Waals surface area contributed by atoms with E-state index >= 15 is 0 Å². The third-order valence-corrected chi connectivity index (χ3v) is 5.17. The van der Waals surface area contributed by atoms with Gasteiger partial charge in [-0.15, -0.1) is 11.3 Å². The van der Waals surface area contributed by atoms with Crippen LogP contribution in [0.15, 0.2) is 54.0 Å². The van der Waals surface area contributed by atoms with Crippen molar-refractivity contribution in [3.05, 3.63) is 74.5 Å². The van der Waals surface area contributed by atoms with Crippen LogP contribution >= 0.6 is 34.5 Å². The fraction of sp³-hybridized carbons (Fsp3) is 0.100. The lowest BCUT2D eigenvalue weighted by Crippen LogP contribution is -2.30. The van der Waals surface area contributed by atoms with Crippen LogP contribution in [0.25, 0.3) is 0 Å². The smallest absolute Gasteiger partial charge is 0.338 e. The Morgan fingerprint density at radius 3 is 2.60 bits per heavy atom. The van der Waals surface area contributed by atoms with E-state index in [9.17, 15) is 14.4 Å². The van der Waals surface area contributed by atoms with Crippen LogP contribution in [-0.4, -0.2) is 28.9 Å². The Bertz CT molecular complexity index is 1090. The molecule has 1 aromatic carbocycles. The van der Waals surface area contributed by atoms with Crippen molar-refractivity contribution in [2.75, 3.05) is 10.6 Å². The normalized spacial score (nSPS) is 11.4. The van der Waals surface area contributed by atoms with Gasteiger partial charge in [-0.3, -0.25) is 9.59 Å². The third-order valence-electron chi connectivity index (χ3n) is 3.80. The molecule has 2 aromatic heterocycles. The number of carbonyl (C=O) groups is 3. The van der Waals surface area contributed by atoms with Crippen LogP contribution in [0.1, 0.15) is 27.0 Å². The average Bonchev–Trinajstić information content (AvgIpc) is 3.25. The maximum absolute atomic E-state index is 12.4. The number of esters is 1. The maximum Gasteiger partial charge on any atom is 0.338 e. The van der Waals surface area contributed by atoms with Gasteiger partial charge >= 0.3 is 5.97 Å². The molecule has 154 valence electrons. The molecule has 2 amide bonds. The van der Waals surface area contributed by atoms with Gasteiger partial charge in [-0.25, -0.2) is 9.78 Å². The van der Waals surface area contributed by atoms with Gasteiger partial charge in [0.1, 0.15) is 0 Å². The van der Waals surface area contributed by atoms with Gasteiger partial charge in [0.05, 0.1) is 20.5 Å². The predicted octanol–water partition coefficient (Wildman–Crippen LogP) is 4.89. The first kappa shape index (κ1) is 21.8. The fourth-order valence-electron chi connectivity index (χ4n) is 2.33. The number of ether oxygens (including phenoxy) is 1. The van der Waals surface area contributed by atoms with E-state index in [1.165, 1.54) is 42.7 Å². The van der Waals surface area contributed by atoms with Gasteiger partial charge in [0.25, 0.3) is 11.8 Å². The minimum atomic E-state index is -1.12. The number of aromatic nitrogens is 1. The van der Waals surface area contributed by atoms with Crippen LogP contribution in [0.5, 0.6) is 0 Å². The van der Waals surface area contributed by atoms with Crippen molar-refractivity contribution in [1.82, 2.24) is 4.98 Å². The molecule has 0 spiro atoms. The molecule has 1 unspecified atom stereocenters. The molecule has 3 aromatic rings. The first-order chi connectivity index (χ1) is 14.3. The Morgan fingerprint density at radius 2 is 1.90 bits per heavy atom. The molecule has 0 aliphatic carbocycles. The molecule has 2 heterocycles. The second-order valence-electron chi connectivity index (χ2n) is 6.03. The van der Waals surface area contributed by atoms with Crippen LogP contribution in [-0.2, 0) is 9.53 Å². The number of halogens is 2.